The van der Waals surface area contributed by atoms with Crippen LogP contribution in [-0.4, -0.2) is 75.2 Å². The highest BCUT2D eigenvalue weighted by Gasteiger charge is 2.31. The van der Waals surface area contributed by atoms with Crippen molar-refractivity contribution < 1.29 is 13.2 Å². The van der Waals surface area contributed by atoms with Gasteiger partial charge >= 0.3 is 6.18 Å². The van der Waals surface area contributed by atoms with Crippen molar-refractivity contribution in [2.75, 3.05) is 64.3 Å². The molecule has 2 saturated heterocycles. The molecule has 0 aliphatic carbocycles. The highest BCUT2D eigenvalue weighted by molar-refractivity contribution is 5.80. The van der Waals surface area contributed by atoms with Crippen LogP contribution in [0.1, 0.15) is 18.9 Å². The van der Waals surface area contributed by atoms with E-state index in [4.69, 9.17) is 0 Å². The zero-order valence-corrected chi connectivity index (χ0v) is 16.7. The fraction of sp³-hybridized carbons (Fsp3) is 0.650. The van der Waals surface area contributed by atoms with Gasteiger partial charge in [-0.3, -0.25) is 4.99 Å². The van der Waals surface area contributed by atoms with E-state index in [2.05, 4.69) is 27.0 Å². The number of nitrogens with zero attached hydrogens (tertiary/aromatic N) is 4. The first-order valence-corrected chi connectivity index (χ1v) is 10.0. The van der Waals surface area contributed by atoms with Crippen molar-refractivity contribution in [1.82, 2.24) is 15.1 Å². The highest BCUT2D eigenvalue weighted by Crippen LogP contribution is 2.31. The summed E-state index contributed by atoms with van der Waals surface area (Å²) in [5.74, 6) is 1.53. The zero-order chi connectivity index (χ0) is 20.1. The molecule has 1 aromatic carbocycles. The van der Waals surface area contributed by atoms with Crippen molar-refractivity contribution in [3.8, 4) is 0 Å². The first-order valence-electron chi connectivity index (χ1n) is 10.0. The number of anilines is 1. The number of likely N-dealkylation sites (tertiary alicyclic amines) is 1. The van der Waals surface area contributed by atoms with Gasteiger partial charge in [0.1, 0.15) is 0 Å². The third-order valence-electron chi connectivity index (χ3n) is 5.70. The van der Waals surface area contributed by atoms with Crippen LogP contribution in [0.4, 0.5) is 18.9 Å². The summed E-state index contributed by atoms with van der Waals surface area (Å²) in [5.41, 5.74) is 0.0330. The average Bonchev–Trinajstić information content (AvgIpc) is 3.16. The summed E-state index contributed by atoms with van der Waals surface area (Å²) in [6, 6.07) is 5.58. The summed E-state index contributed by atoms with van der Waals surface area (Å²) < 4.78 is 38.9. The minimum absolute atomic E-state index is 0.595. The summed E-state index contributed by atoms with van der Waals surface area (Å²) in [4.78, 5) is 11.1. The second-order valence-corrected chi connectivity index (χ2v) is 7.50. The van der Waals surface area contributed by atoms with E-state index >= 15 is 0 Å². The normalized spacial score (nSPS) is 22.0. The lowest BCUT2D eigenvalue weighted by Crippen LogP contribution is -2.53. The number of guanidine groups is 1. The van der Waals surface area contributed by atoms with E-state index in [9.17, 15) is 13.2 Å². The molecule has 28 heavy (non-hydrogen) atoms. The van der Waals surface area contributed by atoms with E-state index in [0.29, 0.717) is 24.7 Å². The molecule has 1 unspecified atom stereocenters. The molecule has 0 amide bonds. The molecule has 0 aromatic heterocycles. The summed E-state index contributed by atoms with van der Waals surface area (Å²) in [6.07, 6.45) is -3.10. The first-order chi connectivity index (χ1) is 13.4. The van der Waals surface area contributed by atoms with Crippen LogP contribution in [0.25, 0.3) is 0 Å². The maximum Gasteiger partial charge on any atom is 0.416 e. The lowest BCUT2D eigenvalue weighted by atomic mass is 10.1. The number of rotatable bonds is 4. The Morgan fingerprint density at radius 1 is 1.18 bits per heavy atom. The molecule has 1 atom stereocenters. The van der Waals surface area contributed by atoms with Gasteiger partial charge in [0.2, 0.25) is 0 Å². The molecule has 5 nitrogen and oxygen atoms in total. The fourth-order valence-corrected chi connectivity index (χ4v) is 3.99. The number of nitrogens with one attached hydrogen (secondary N) is 1. The van der Waals surface area contributed by atoms with Crippen LogP contribution >= 0.6 is 0 Å². The van der Waals surface area contributed by atoms with Gasteiger partial charge in [-0.25, -0.2) is 0 Å². The quantitative estimate of drug-likeness (QED) is 0.626. The van der Waals surface area contributed by atoms with Gasteiger partial charge in [0, 0.05) is 52.0 Å². The van der Waals surface area contributed by atoms with Crippen molar-refractivity contribution in [3.63, 3.8) is 0 Å². The molecule has 156 valence electrons. The van der Waals surface area contributed by atoms with Crippen molar-refractivity contribution in [1.29, 1.82) is 0 Å². The second-order valence-electron chi connectivity index (χ2n) is 7.50. The molecule has 0 saturated carbocycles. The van der Waals surface area contributed by atoms with Gasteiger partial charge in [-0.15, -0.1) is 0 Å². The van der Waals surface area contributed by atoms with Gasteiger partial charge in [-0.1, -0.05) is 13.0 Å². The number of hydrogen-bond donors (Lipinski definition) is 1. The van der Waals surface area contributed by atoms with Crippen LogP contribution in [0.3, 0.4) is 0 Å². The van der Waals surface area contributed by atoms with E-state index in [-0.39, 0.29) is 0 Å². The lowest BCUT2D eigenvalue weighted by molar-refractivity contribution is -0.137. The van der Waals surface area contributed by atoms with E-state index in [1.165, 1.54) is 18.6 Å². The predicted molar refractivity (Wildman–Crippen MR) is 107 cm³/mol. The molecule has 2 aliphatic rings. The third-order valence-corrected chi connectivity index (χ3v) is 5.70. The molecule has 0 bridgehead atoms. The standard InChI is InChI=1S/C20H30F3N5/c1-3-26-8-7-16(15-26)14-25-19(24-2)28-11-9-27(10-12-28)18-6-4-5-17(13-18)20(21,22)23/h4-6,13,16H,3,7-12,14-15H2,1-2H3,(H,24,25). The minimum atomic E-state index is -4.31. The second kappa shape index (κ2) is 9.03. The van der Waals surface area contributed by atoms with E-state index in [1.807, 2.05) is 4.90 Å². The maximum absolute atomic E-state index is 13.0. The highest BCUT2D eigenvalue weighted by atomic mass is 19.4. The Morgan fingerprint density at radius 3 is 2.54 bits per heavy atom. The molecule has 0 radical (unpaired) electrons. The Hall–Kier alpha value is -1.96. The van der Waals surface area contributed by atoms with Crippen LogP contribution in [0.5, 0.6) is 0 Å². The van der Waals surface area contributed by atoms with Crippen molar-refractivity contribution in [3.05, 3.63) is 29.8 Å². The van der Waals surface area contributed by atoms with Crippen molar-refractivity contribution >= 4 is 11.6 Å². The molecule has 3 rings (SSSR count). The van der Waals surface area contributed by atoms with Gasteiger partial charge in [0.25, 0.3) is 0 Å². The smallest absolute Gasteiger partial charge is 0.368 e. The Labute approximate surface area is 165 Å². The van der Waals surface area contributed by atoms with Crippen molar-refractivity contribution in [2.24, 2.45) is 10.9 Å². The van der Waals surface area contributed by atoms with Gasteiger partial charge in [0.05, 0.1) is 5.56 Å². The summed E-state index contributed by atoms with van der Waals surface area (Å²) in [7, 11) is 1.79. The molecule has 1 N–H and O–H groups in total. The van der Waals surface area contributed by atoms with Gasteiger partial charge in [0.15, 0.2) is 5.96 Å². The Bertz CT molecular complexity index is 668. The predicted octanol–water partition coefficient (Wildman–Crippen LogP) is 2.74. The zero-order valence-electron chi connectivity index (χ0n) is 16.7. The molecular weight excluding hydrogens is 367 g/mol. The van der Waals surface area contributed by atoms with E-state index < -0.39 is 11.7 Å². The van der Waals surface area contributed by atoms with Gasteiger partial charge in [-0.2, -0.15) is 13.2 Å². The van der Waals surface area contributed by atoms with Crippen LogP contribution in [0.2, 0.25) is 0 Å². The van der Waals surface area contributed by atoms with Crippen molar-refractivity contribution in [2.45, 2.75) is 19.5 Å². The lowest BCUT2D eigenvalue weighted by Gasteiger charge is -2.38. The Balaban J connectivity index is 1.51. The number of halogens is 3. The topological polar surface area (TPSA) is 34.1 Å². The molecule has 2 aliphatic heterocycles. The number of aliphatic imine (C=N–C) groups is 1. The third kappa shape index (κ3) is 5.10. The number of piperazine rings is 1. The van der Waals surface area contributed by atoms with E-state index in [1.54, 1.807) is 13.1 Å². The molecule has 8 heteroatoms. The number of alkyl halides is 3. The SMILES string of the molecule is CCN1CCC(CNC(=NC)N2CCN(c3cccc(C(F)(F)F)c3)CC2)C1. The number of benzene rings is 1. The summed E-state index contributed by atoms with van der Waals surface area (Å²) >= 11 is 0. The van der Waals surface area contributed by atoms with Gasteiger partial charge < -0.3 is 20.0 Å². The first kappa shape index (κ1) is 20.8. The molecule has 2 heterocycles. The Kier molecular flexibility index (Phi) is 6.69. The largest absolute Gasteiger partial charge is 0.416 e. The molecule has 2 fully saturated rings. The van der Waals surface area contributed by atoms with Crippen LogP contribution < -0.4 is 10.2 Å². The maximum atomic E-state index is 13.0. The van der Waals surface area contributed by atoms with Gasteiger partial charge in [-0.05, 0) is 43.6 Å². The monoisotopic (exact) mass is 397 g/mol. The fourth-order valence-electron chi connectivity index (χ4n) is 3.99. The number of hydrogen-bond acceptors (Lipinski definition) is 3. The van der Waals surface area contributed by atoms with Crippen LogP contribution in [-0.2, 0) is 6.18 Å². The summed E-state index contributed by atoms with van der Waals surface area (Å²) in [6.45, 7) is 9.33. The molecular formula is C20H30F3N5. The van der Waals surface area contributed by atoms with Crippen LogP contribution in [0.15, 0.2) is 29.3 Å². The van der Waals surface area contributed by atoms with E-state index in [0.717, 1.165) is 51.3 Å². The average molecular weight is 397 g/mol. The molecule has 0 spiro atoms. The summed E-state index contributed by atoms with van der Waals surface area (Å²) in [5, 5.41) is 3.49. The minimum Gasteiger partial charge on any atom is -0.368 e. The van der Waals surface area contributed by atoms with Crippen LogP contribution in [0, 0.1) is 5.92 Å². The Morgan fingerprint density at radius 2 is 1.93 bits per heavy atom. The molecule has 1 aromatic rings.